The van der Waals surface area contributed by atoms with Crippen LogP contribution >= 0.6 is 0 Å². The van der Waals surface area contributed by atoms with Crippen molar-refractivity contribution in [3.05, 3.63) is 35.9 Å². The Kier molecular flexibility index (Phi) is 6.60. The molecule has 3 N–H and O–H groups in total. The van der Waals surface area contributed by atoms with E-state index in [0.29, 0.717) is 6.54 Å². The maximum atomic E-state index is 11.6. The predicted molar refractivity (Wildman–Crippen MR) is 73.8 cm³/mol. The lowest BCUT2D eigenvalue weighted by Gasteiger charge is -2.13. The summed E-state index contributed by atoms with van der Waals surface area (Å²) < 4.78 is 0. The fourth-order valence-corrected chi connectivity index (χ4v) is 1.57. The van der Waals surface area contributed by atoms with E-state index in [1.807, 2.05) is 30.3 Å². The largest absolute Gasteiger partial charge is 0.341 e. The Hall–Kier alpha value is -1.79. The molecule has 0 aromatic heterocycles. The molecule has 0 heterocycles. The molecule has 0 aliphatic carbocycles. The first-order chi connectivity index (χ1) is 8.76. The minimum absolute atomic E-state index is 0.0301. The normalized spacial score (nSPS) is 11.2. The van der Waals surface area contributed by atoms with Crippen molar-refractivity contribution < 1.29 is 4.79 Å². The summed E-state index contributed by atoms with van der Waals surface area (Å²) in [5.41, 5.74) is 6.44. The Labute approximate surface area is 109 Å². The van der Waals surface area contributed by atoms with E-state index in [9.17, 15) is 4.79 Å². The molecule has 0 bridgehead atoms. The van der Waals surface area contributed by atoms with Crippen LogP contribution in [0.5, 0.6) is 0 Å². The molecule has 1 aromatic rings. The molecule has 1 unspecified atom stereocenters. The number of benzene rings is 1. The van der Waals surface area contributed by atoms with Gasteiger partial charge in [-0.25, -0.2) is 0 Å². The Morgan fingerprint density at radius 2 is 2.11 bits per heavy atom. The number of rotatable bonds is 5. The number of unbranched alkanes of at least 4 members (excludes halogenated alkanes) is 1. The van der Waals surface area contributed by atoms with E-state index in [1.165, 1.54) is 0 Å². The average Bonchev–Trinajstić information content (AvgIpc) is 2.42. The third-order valence-corrected chi connectivity index (χ3v) is 2.62. The van der Waals surface area contributed by atoms with Gasteiger partial charge in [-0.05, 0) is 18.6 Å². The molecular weight excluding hydrogens is 224 g/mol. The van der Waals surface area contributed by atoms with Gasteiger partial charge in [0.1, 0.15) is 0 Å². The van der Waals surface area contributed by atoms with Crippen molar-refractivity contribution in [2.75, 3.05) is 6.54 Å². The van der Waals surface area contributed by atoms with Crippen LogP contribution in [0.1, 0.15) is 31.7 Å². The molecule has 0 radical (unpaired) electrons. The van der Waals surface area contributed by atoms with Crippen LogP contribution in [-0.4, -0.2) is 18.5 Å². The molecule has 0 aliphatic rings. The van der Waals surface area contributed by atoms with E-state index < -0.39 is 0 Å². The zero-order chi connectivity index (χ0) is 13.2. The average molecular weight is 244 g/mol. The summed E-state index contributed by atoms with van der Waals surface area (Å²) in [6.45, 7) is 2.57. The van der Waals surface area contributed by atoms with Crippen LogP contribution in [0.4, 0.5) is 0 Å². The molecule has 0 aliphatic heterocycles. The summed E-state index contributed by atoms with van der Waals surface area (Å²) in [5, 5.41) is 2.83. The summed E-state index contributed by atoms with van der Waals surface area (Å²) in [5.74, 6) is 5.15. The summed E-state index contributed by atoms with van der Waals surface area (Å²) >= 11 is 0. The molecule has 0 saturated carbocycles. The number of amides is 1. The van der Waals surface area contributed by atoms with Gasteiger partial charge in [0.2, 0.25) is 0 Å². The second-order valence-corrected chi connectivity index (χ2v) is 4.16. The lowest BCUT2D eigenvalue weighted by Crippen LogP contribution is -2.39. The lowest BCUT2D eigenvalue weighted by atomic mass is 10.1. The van der Waals surface area contributed by atoms with Crippen LogP contribution in [0.2, 0.25) is 0 Å². The van der Waals surface area contributed by atoms with Crippen molar-refractivity contribution >= 4 is 5.91 Å². The van der Waals surface area contributed by atoms with Gasteiger partial charge in [-0.2, -0.15) is 0 Å². The number of hydrogen-bond acceptors (Lipinski definition) is 2. The Balaban J connectivity index is 2.48. The first kappa shape index (κ1) is 14.3. The summed E-state index contributed by atoms with van der Waals surface area (Å²) in [4.78, 5) is 11.6. The fraction of sp³-hybridized carbons (Fsp3) is 0.400. The number of carbonyl (C=O) groups is 1. The smallest absolute Gasteiger partial charge is 0.296 e. The van der Waals surface area contributed by atoms with E-state index >= 15 is 0 Å². The molecule has 0 spiro atoms. The van der Waals surface area contributed by atoms with Crippen LogP contribution in [0, 0.1) is 11.8 Å². The quantitative estimate of drug-likeness (QED) is 0.774. The van der Waals surface area contributed by atoms with Crippen LogP contribution in [0.25, 0.3) is 0 Å². The van der Waals surface area contributed by atoms with Crippen LogP contribution < -0.4 is 11.1 Å². The highest BCUT2D eigenvalue weighted by atomic mass is 16.1. The van der Waals surface area contributed by atoms with Crippen molar-refractivity contribution in [3.8, 4) is 11.8 Å². The topological polar surface area (TPSA) is 55.1 Å². The molecule has 1 amide bonds. The Bertz CT molecular complexity index is 417. The summed E-state index contributed by atoms with van der Waals surface area (Å²) in [6, 6.07) is 9.48. The molecule has 0 saturated heterocycles. The number of nitrogens with two attached hydrogens (primary N) is 1. The molecule has 1 atom stereocenters. The Morgan fingerprint density at radius 3 is 2.72 bits per heavy atom. The zero-order valence-corrected chi connectivity index (χ0v) is 10.8. The SMILES string of the molecule is CCCCC(CN)NC(=O)C#Cc1ccccc1. The van der Waals surface area contributed by atoms with Gasteiger partial charge in [0.05, 0.1) is 0 Å². The molecule has 18 heavy (non-hydrogen) atoms. The van der Waals surface area contributed by atoms with Gasteiger partial charge in [-0.15, -0.1) is 0 Å². The molecular formula is C15H20N2O. The molecule has 3 heteroatoms. The van der Waals surface area contributed by atoms with Crippen molar-refractivity contribution in [2.24, 2.45) is 5.73 Å². The van der Waals surface area contributed by atoms with Crippen LogP contribution in [0.3, 0.4) is 0 Å². The van der Waals surface area contributed by atoms with Crippen LogP contribution in [0.15, 0.2) is 30.3 Å². The van der Waals surface area contributed by atoms with Gasteiger partial charge in [-0.1, -0.05) is 43.9 Å². The van der Waals surface area contributed by atoms with Crippen molar-refractivity contribution in [3.63, 3.8) is 0 Å². The second-order valence-electron chi connectivity index (χ2n) is 4.16. The second kappa shape index (κ2) is 8.32. The van der Waals surface area contributed by atoms with Crippen molar-refractivity contribution in [1.82, 2.24) is 5.32 Å². The maximum Gasteiger partial charge on any atom is 0.296 e. The molecule has 1 aromatic carbocycles. The maximum absolute atomic E-state index is 11.6. The first-order valence-electron chi connectivity index (χ1n) is 6.34. The highest BCUT2D eigenvalue weighted by Gasteiger charge is 2.07. The van der Waals surface area contributed by atoms with Gasteiger partial charge in [-0.3, -0.25) is 4.79 Å². The van der Waals surface area contributed by atoms with Gasteiger partial charge in [0, 0.05) is 24.1 Å². The van der Waals surface area contributed by atoms with Gasteiger partial charge in [0.15, 0.2) is 0 Å². The summed E-state index contributed by atoms with van der Waals surface area (Å²) in [7, 11) is 0. The minimum atomic E-state index is -0.259. The van der Waals surface area contributed by atoms with E-state index in [-0.39, 0.29) is 11.9 Å². The van der Waals surface area contributed by atoms with E-state index in [1.54, 1.807) is 0 Å². The van der Waals surface area contributed by atoms with E-state index in [2.05, 4.69) is 24.1 Å². The lowest BCUT2D eigenvalue weighted by molar-refractivity contribution is -0.116. The first-order valence-corrected chi connectivity index (χ1v) is 6.34. The van der Waals surface area contributed by atoms with Gasteiger partial charge < -0.3 is 11.1 Å². The van der Waals surface area contributed by atoms with E-state index in [4.69, 9.17) is 5.73 Å². The van der Waals surface area contributed by atoms with Gasteiger partial charge in [0.25, 0.3) is 5.91 Å². The predicted octanol–water partition coefficient (Wildman–Crippen LogP) is 1.67. The van der Waals surface area contributed by atoms with Crippen LogP contribution in [-0.2, 0) is 4.79 Å². The number of hydrogen-bond donors (Lipinski definition) is 2. The standard InChI is InChI=1S/C15H20N2O/c1-2-3-9-14(12-16)17-15(18)11-10-13-7-5-4-6-8-13/h4-8,14H,2-3,9,12,16H2,1H3,(H,17,18). The molecule has 96 valence electrons. The monoisotopic (exact) mass is 244 g/mol. The molecule has 3 nitrogen and oxygen atoms in total. The van der Waals surface area contributed by atoms with Crippen molar-refractivity contribution in [1.29, 1.82) is 0 Å². The zero-order valence-electron chi connectivity index (χ0n) is 10.8. The third kappa shape index (κ3) is 5.51. The van der Waals surface area contributed by atoms with Gasteiger partial charge >= 0.3 is 0 Å². The molecule has 1 rings (SSSR count). The Morgan fingerprint density at radius 1 is 1.39 bits per heavy atom. The van der Waals surface area contributed by atoms with E-state index in [0.717, 1.165) is 24.8 Å². The number of nitrogens with one attached hydrogen (secondary N) is 1. The summed E-state index contributed by atoms with van der Waals surface area (Å²) in [6.07, 6.45) is 3.07. The highest BCUT2D eigenvalue weighted by Crippen LogP contribution is 1.99. The minimum Gasteiger partial charge on any atom is -0.341 e. The third-order valence-electron chi connectivity index (χ3n) is 2.62. The van der Waals surface area contributed by atoms with Crippen molar-refractivity contribution in [2.45, 2.75) is 32.2 Å². The number of carbonyl (C=O) groups excluding carboxylic acids is 1. The fourth-order valence-electron chi connectivity index (χ4n) is 1.57. The molecule has 0 fully saturated rings. The highest BCUT2D eigenvalue weighted by molar-refractivity contribution is 5.94.